The maximum Gasteiger partial charge on any atom is 0.233 e. The maximum atomic E-state index is 11.2. The lowest BCUT2D eigenvalue weighted by atomic mass is 10.2. The number of halogens is 1. The van der Waals surface area contributed by atoms with E-state index in [2.05, 4.69) is 15.9 Å². The van der Waals surface area contributed by atoms with Gasteiger partial charge in [-0.25, -0.2) is 0 Å². The molecule has 0 radical (unpaired) electrons. The van der Waals surface area contributed by atoms with E-state index in [9.17, 15) is 9.90 Å². The second-order valence-electron chi connectivity index (χ2n) is 3.20. The van der Waals surface area contributed by atoms with Gasteiger partial charge in [0.1, 0.15) is 11.5 Å². The van der Waals surface area contributed by atoms with E-state index in [0.717, 1.165) is 0 Å². The summed E-state index contributed by atoms with van der Waals surface area (Å²) in [5.74, 6) is -0.0718. The fourth-order valence-electron chi connectivity index (χ4n) is 1.13. The fourth-order valence-corrected chi connectivity index (χ4v) is 1.56. The van der Waals surface area contributed by atoms with Crippen molar-refractivity contribution in [2.45, 2.75) is 6.54 Å². The number of hydrogen-bond donors (Lipinski definition) is 2. The van der Waals surface area contributed by atoms with Gasteiger partial charge in [-0.2, -0.15) is 0 Å². The molecule has 0 aromatic heterocycles. The van der Waals surface area contributed by atoms with Crippen LogP contribution in [0.3, 0.4) is 0 Å². The number of benzene rings is 1. The molecule has 0 aliphatic heterocycles. The van der Waals surface area contributed by atoms with Crippen molar-refractivity contribution in [3.63, 3.8) is 0 Å². The highest BCUT2D eigenvalue weighted by Crippen LogP contribution is 2.23. The number of rotatable bonds is 3. The summed E-state index contributed by atoms with van der Waals surface area (Å²) in [6.45, 7) is 0.316. The third kappa shape index (κ3) is 3.13. The first kappa shape index (κ1) is 11.8. The minimum atomic E-state index is -0.0672. The zero-order valence-corrected chi connectivity index (χ0v) is 9.86. The molecule has 0 unspecified atom stereocenters. The van der Waals surface area contributed by atoms with Crippen molar-refractivity contribution in [2.75, 3.05) is 12.4 Å². The molecule has 0 spiro atoms. The third-order valence-electron chi connectivity index (χ3n) is 2.02. The molecule has 0 saturated heterocycles. The van der Waals surface area contributed by atoms with Crippen molar-refractivity contribution < 1.29 is 15.0 Å². The molecule has 5 heteroatoms. The Morgan fingerprint density at radius 2 is 2.13 bits per heavy atom. The molecule has 1 rings (SSSR count). The topological polar surface area (TPSA) is 60.8 Å². The Labute approximate surface area is 96.3 Å². The summed E-state index contributed by atoms with van der Waals surface area (Å²) >= 11 is 3.07. The van der Waals surface area contributed by atoms with Crippen LogP contribution in [0.1, 0.15) is 5.56 Å². The predicted octanol–water partition coefficient (Wildman–Crippen LogP) is 1.45. The van der Waals surface area contributed by atoms with Gasteiger partial charge in [-0.1, -0.05) is 15.9 Å². The number of amides is 1. The Morgan fingerprint density at radius 3 is 2.67 bits per heavy atom. The summed E-state index contributed by atoms with van der Waals surface area (Å²) in [5, 5.41) is 18.8. The van der Waals surface area contributed by atoms with E-state index >= 15 is 0 Å². The maximum absolute atomic E-state index is 11.2. The number of nitrogens with zero attached hydrogens (tertiary/aromatic N) is 1. The number of phenolic OH excluding ortho intramolecular Hbond substituents is 2. The number of carbonyl (C=O) groups excluding carboxylic acids is 1. The van der Waals surface area contributed by atoms with Gasteiger partial charge in [-0.05, 0) is 12.1 Å². The van der Waals surface area contributed by atoms with Gasteiger partial charge in [0.25, 0.3) is 0 Å². The van der Waals surface area contributed by atoms with Crippen LogP contribution in [0.15, 0.2) is 18.2 Å². The van der Waals surface area contributed by atoms with E-state index in [1.165, 1.54) is 17.0 Å². The monoisotopic (exact) mass is 273 g/mol. The molecule has 1 amide bonds. The average molecular weight is 274 g/mol. The van der Waals surface area contributed by atoms with Gasteiger partial charge in [0.2, 0.25) is 5.91 Å². The lowest BCUT2D eigenvalue weighted by Crippen LogP contribution is -2.26. The highest BCUT2D eigenvalue weighted by molar-refractivity contribution is 9.09. The first-order valence-corrected chi connectivity index (χ1v) is 5.47. The lowest BCUT2D eigenvalue weighted by molar-refractivity contribution is -0.127. The lowest BCUT2D eigenvalue weighted by Gasteiger charge is -2.16. The molecule has 1 aromatic rings. The quantitative estimate of drug-likeness (QED) is 0.820. The Balaban J connectivity index is 2.76. The Morgan fingerprint density at radius 1 is 1.47 bits per heavy atom. The molecule has 0 heterocycles. The summed E-state index contributed by atoms with van der Waals surface area (Å²) in [6.07, 6.45) is 0. The van der Waals surface area contributed by atoms with Gasteiger partial charge in [-0.15, -0.1) is 0 Å². The zero-order chi connectivity index (χ0) is 11.4. The summed E-state index contributed by atoms with van der Waals surface area (Å²) in [5.41, 5.74) is 0.601. The molecule has 1 aromatic carbocycles. The van der Waals surface area contributed by atoms with Gasteiger partial charge in [-0.3, -0.25) is 4.79 Å². The number of aromatic hydroxyl groups is 2. The molecule has 15 heavy (non-hydrogen) atoms. The summed E-state index contributed by atoms with van der Waals surface area (Å²) in [4.78, 5) is 12.7. The van der Waals surface area contributed by atoms with Gasteiger partial charge in [0.05, 0.1) is 5.33 Å². The average Bonchev–Trinajstić information content (AvgIpc) is 2.20. The molecule has 0 bridgehead atoms. The number of carbonyl (C=O) groups is 1. The third-order valence-corrected chi connectivity index (χ3v) is 2.50. The van der Waals surface area contributed by atoms with Crippen LogP contribution in [-0.2, 0) is 11.3 Å². The largest absolute Gasteiger partial charge is 0.508 e. The summed E-state index contributed by atoms with van der Waals surface area (Å²) < 4.78 is 0. The van der Waals surface area contributed by atoms with Crippen molar-refractivity contribution in [3.05, 3.63) is 23.8 Å². The molecule has 0 fully saturated rings. The first-order chi connectivity index (χ1) is 7.04. The fraction of sp³-hybridized carbons (Fsp3) is 0.300. The van der Waals surface area contributed by atoms with E-state index < -0.39 is 0 Å². The molecule has 2 N–H and O–H groups in total. The minimum absolute atomic E-state index is 0.00530. The highest BCUT2D eigenvalue weighted by atomic mass is 79.9. The Kier molecular flexibility index (Phi) is 3.96. The van der Waals surface area contributed by atoms with Gasteiger partial charge in [0, 0.05) is 25.2 Å². The van der Waals surface area contributed by atoms with Crippen LogP contribution in [0, 0.1) is 0 Å². The van der Waals surface area contributed by atoms with Crippen molar-refractivity contribution in [1.82, 2.24) is 4.90 Å². The number of phenols is 2. The van der Waals surface area contributed by atoms with Crippen molar-refractivity contribution >= 4 is 21.8 Å². The van der Waals surface area contributed by atoms with Gasteiger partial charge < -0.3 is 15.1 Å². The molecule has 4 nitrogen and oxygen atoms in total. The second kappa shape index (κ2) is 5.02. The van der Waals surface area contributed by atoms with Crippen LogP contribution in [-0.4, -0.2) is 33.4 Å². The van der Waals surface area contributed by atoms with E-state index in [1.54, 1.807) is 13.1 Å². The number of hydrogen-bond acceptors (Lipinski definition) is 3. The zero-order valence-electron chi connectivity index (χ0n) is 8.27. The normalized spacial score (nSPS) is 10.0. The molecule has 0 saturated carbocycles. The van der Waals surface area contributed by atoms with E-state index in [0.29, 0.717) is 12.1 Å². The molecule has 0 aliphatic carbocycles. The van der Waals surface area contributed by atoms with Gasteiger partial charge in [0.15, 0.2) is 0 Å². The minimum Gasteiger partial charge on any atom is -0.508 e. The highest BCUT2D eigenvalue weighted by Gasteiger charge is 2.10. The first-order valence-electron chi connectivity index (χ1n) is 4.35. The van der Waals surface area contributed by atoms with Crippen LogP contribution < -0.4 is 0 Å². The van der Waals surface area contributed by atoms with Crippen LogP contribution in [0.5, 0.6) is 11.5 Å². The van der Waals surface area contributed by atoms with Crippen LogP contribution in [0.4, 0.5) is 0 Å². The van der Waals surface area contributed by atoms with Crippen molar-refractivity contribution in [2.24, 2.45) is 0 Å². The van der Waals surface area contributed by atoms with Gasteiger partial charge >= 0.3 is 0 Å². The smallest absolute Gasteiger partial charge is 0.233 e. The van der Waals surface area contributed by atoms with Crippen molar-refractivity contribution in [3.8, 4) is 11.5 Å². The molecule has 0 aliphatic rings. The molecule has 0 atom stereocenters. The standard InChI is InChI=1S/C10H12BrNO3/c1-12(10(15)5-11)6-7-2-3-8(13)4-9(7)14/h2-4,13-14H,5-6H2,1H3. The van der Waals surface area contributed by atoms with Crippen LogP contribution in [0.25, 0.3) is 0 Å². The molecular weight excluding hydrogens is 262 g/mol. The summed E-state index contributed by atoms with van der Waals surface area (Å²) in [6, 6.07) is 4.31. The van der Waals surface area contributed by atoms with Crippen LogP contribution >= 0.6 is 15.9 Å². The molecular formula is C10H12BrNO3. The van der Waals surface area contributed by atoms with Crippen molar-refractivity contribution in [1.29, 1.82) is 0 Å². The van der Waals surface area contributed by atoms with Crippen LogP contribution in [0.2, 0.25) is 0 Å². The second-order valence-corrected chi connectivity index (χ2v) is 3.76. The summed E-state index contributed by atoms with van der Waals surface area (Å²) in [7, 11) is 1.65. The van der Waals surface area contributed by atoms with E-state index in [-0.39, 0.29) is 22.7 Å². The number of alkyl halides is 1. The van der Waals surface area contributed by atoms with E-state index in [4.69, 9.17) is 5.11 Å². The Bertz CT molecular complexity index is 368. The van der Waals surface area contributed by atoms with E-state index in [1.807, 2.05) is 0 Å². The SMILES string of the molecule is CN(Cc1ccc(O)cc1O)C(=O)CBr. The predicted molar refractivity (Wildman–Crippen MR) is 60.0 cm³/mol. The molecule has 82 valence electrons. The Hall–Kier alpha value is -1.23.